The Bertz CT molecular complexity index is 266. The van der Waals surface area contributed by atoms with E-state index in [0.29, 0.717) is 5.69 Å². The minimum atomic E-state index is -1.09. The van der Waals surface area contributed by atoms with Crippen molar-refractivity contribution >= 4 is 5.97 Å². The Morgan fingerprint density at radius 2 is 2.25 bits per heavy atom. The molecular weight excluding hydrogens is 154 g/mol. The maximum absolute atomic E-state index is 10.2. The van der Waals surface area contributed by atoms with Gasteiger partial charge in [0.15, 0.2) is 0 Å². The van der Waals surface area contributed by atoms with Crippen LogP contribution in [0.1, 0.15) is 18.2 Å². The fourth-order valence-electron chi connectivity index (χ4n) is 0.917. The summed E-state index contributed by atoms with van der Waals surface area (Å²) in [5.41, 5.74) is 1.66. The minimum Gasteiger partial charge on any atom is -0.260 e. The van der Waals surface area contributed by atoms with Crippen LogP contribution in [0.4, 0.5) is 0 Å². The first-order valence-electron chi connectivity index (χ1n) is 3.86. The molecule has 0 bridgehead atoms. The lowest BCUT2D eigenvalue weighted by Gasteiger charge is -1.96. The first-order valence-corrected chi connectivity index (χ1v) is 3.86. The van der Waals surface area contributed by atoms with Gasteiger partial charge in [-0.15, -0.1) is 0 Å². The van der Waals surface area contributed by atoms with E-state index in [9.17, 15) is 9.90 Å². The molecule has 0 amide bonds. The predicted molar refractivity (Wildman–Crippen MR) is 43.0 cm³/mol. The Labute approximate surface area is 71.1 Å². The van der Waals surface area contributed by atoms with E-state index in [2.05, 4.69) is 4.98 Å². The standard InChI is InChI=1S/C9H10NO2/c1-2-7-3-4-8(10-6-7)5-9(11)12/h3-4,6H,2,5H2,1H3. The lowest BCUT2D eigenvalue weighted by Crippen LogP contribution is -2.00. The highest BCUT2D eigenvalue weighted by atomic mass is 16.4. The van der Waals surface area contributed by atoms with Crippen molar-refractivity contribution in [3.63, 3.8) is 0 Å². The molecule has 1 radical (unpaired) electrons. The monoisotopic (exact) mass is 164 g/mol. The number of carbonyl (C=O) groups excluding carboxylic acids is 1. The Morgan fingerprint density at radius 3 is 2.67 bits per heavy atom. The van der Waals surface area contributed by atoms with E-state index >= 15 is 0 Å². The molecule has 3 nitrogen and oxygen atoms in total. The molecule has 1 heterocycles. The third-order valence-electron chi connectivity index (χ3n) is 1.62. The van der Waals surface area contributed by atoms with Crippen LogP contribution >= 0.6 is 0 Å². The van der Waals surface area contributed by atoms with Crippen LogP contribution in [0.25, 0.3) is 0 Å². The summed E-state index contributed by atoms with van der Waals surface area (Å²) in [7, 11) is 0. The zero-order chi connectivity index (χ0) is 8.97. The van der Waals surface area contributed by atoms with Crippen LogP contribution in [0.15, 0.2) is 18.3 Å². The summed E-state index contributed by atoms with van der Waals surface area (Å²) in [6, 6.07) is 3.60. The fraction of sp³-hybridized carbons (Fsp3) is 0.333. The van der Waals surface area contributed by atoms with Gasteiger partial charge in [0.25, 0.3) is 0 Å². The van der Waals surface area contributed by atoms with Crippen LogP contribution in [0.2, 0.25) is 0 Å². The average Bonchev–Trinajstić information content (AvgIpc) is 2.05. The summed E-state index contributed by atoms with van der Waals surface area (Å²) >= 11 is 0. The molecule has 0 aliphatic heterocycles. The second kappa shape index (κ2) is 3.85. The van der Waals surface area contributed by atoms with Crippen molar-refractivity contribution in [2.75, 3.05) is 0 Å². The van der Waals surface area contributed by atoms with Crippen LogP contribution in [-0.2, 0) is 22.7 Å². The molecule has 0 saturated heterocycles. The molecule has 1 rings (SSSR count). The Morgan fingerprint density at radius 1 is 1.50 bits per heavy atom. The molecular formula is C9H10NO2. The van der Waals surface area contributed by atoms with Crippen molar-refractivity contribution in [1.82, 2.24) is 4.98 Å². The van der Waals surface area contributed by atoms with Crippen LogP contribution < -0.4 is 0 Å². The summed E-state index contributed by atoms with van der Waals surface area (Å²) in [5.74, 6) is -1.09. The summed E-state index contributed by atoms with van der Waals surface area (Å²) < 4.78 is 0. The molecule has 0 fully saturated rings. The molecule has 0 aliphatic rings. The van der Waals surface area contributed by atoms with Gasteiger partial charge in [-0.3, -0.25) is 4.98 Å². The zero-order valence-corrected chi connectivity index (χ0v) is 6.91. The molecule has 0 aliphatic carbocycles. The number of hydrogen-bond acceptors (Lipinski definition) is 2. The van der Waals surface area contributed by atoms with Crippen LogP contribution in [-0.4, -0.2) is 11.0 Å². The molecule has 0 atom stereocenters. The van der Waals surface area contributed by atoms with Gasteiger partial charge in [0.1, 0.15) is 0 Å². The van der Waals surface area contributed by atoms with Crippen molar-refractivity contribution in [2.45, 2.75) is 19.8 Å². The Kier molecular flexibility index (Phi) is 2.80. The van der Waals surface area contributed by atoms with E-state index in [1.165, 1.54) is 0 Å². The molecule has 0 spiro atoms. The van der Waals surface area contributed by atoms with Crippen LogP contribution in [0.3, 0.4) is 0 Å². The van der Waals surface area contributed by atoms with E-state index < -0.39 is 5.97 Å². The number of nitrogens with zero attached hydrogens (tertiary/aromatic N) is 1. The summed E-state index contributed by atoms with van der Waals surface area (Å²) in [5, 5.41) is 10.2. The van der Waals surface area contributed by atoms with Gasteiger partial charge >= 0.3 is 5.97 Å². The number of rotatable bonds is 3. The molecule has 3 heteroatoms. The second-order valence-corrected chi connectivity index (χ2v) is 2.56. The van der Waals surface area contributed by atoms with Gasteiger partial charge < -0.3 is 0 Å². The number of aromatic nitrogens is 1. The van der Waals surface area contributed by atoms with Crippen molar-refractivity contribution in [3.8, 4) is 0 Å². The Balaban J connectivity index is 2.71. The largest absolute Gasteiger partial charge is 0.361 e. The first-order chi connectivity index (χ1) is 5.72. The number of pyridine rings is 1. The van der Waals surface area contributed by atoms with Gasteiger partial charge in [0, 0.05) is 6.20 Å². The number of carbonyl (C=O) groups is 1. The second-order valence-electron chi connectivity index (χ2n) is 2.56. The average molecular weight is 164 g/mol. The first kappa shape index (κ1) is 8.71. The van der Waals surface area contributed by atoms with Gasteiger partial charge in [0.05, 0.1) is 12.1 Å². The molecule has 0 aromatic carbocycles. The normalized spacial score (nSPS) is 9.75. The highest BCUT2D eigenvalue weighted by Crippen LogP contribution is 2.01. The highest BCUT2D eigenvalue weighted by Gasteiger charge is 2.02. The zero-order valence-electron chi connectivity index (χ0n) is 6.91. The maximum atomic E-state index is 10.2. The minimum absolute atomic E-state index is 0.107. The van der Waals surface area contributed by atoms with Gasteiger partial charge in [-0.25, -0.2) is 9.90 Å². The lowest BCUT2D eigenvalue weighted by molar-refractivity contribution is -0.142. The van der Waals surface area contributed by atoms with Crippen LogP contribution in [0, 0.1) is 0 Å². The predicted octanol–water partition coefficient (Wildman–Crippen LogP) is 1.14. The van der Waals surface area contributed by atoms with Crippen molar-refractivity contribution in [1.29, 1.82) is 0 Å². The van der Waals surface area contributed by atoms with Gasteiger partial charge in [-0.2, -0.15) is 0 Å². The smallest absolute Gasteiger partial charge is 0.260 e. The third-order valence-corrected chi connectivity index (χ3v) is 1.62. The fourth-order valence-corrected chi connectivity index (χ4v) is 0.917. The highest BCUT2D eigenvalue weighted by molar-refractivity contribution is 5.69. The lowest BCUT2D eigenvalue weighted by atomic mass is 10.2. The van der Waals surface area contributed by atoms with Crippen molar-refractivity contribution in [2.24, 2.45) is 0 Å². The van der Waals surface area contributed by atoms with Crippen molar-refractivity contribution in [3.05, 3.63) is 29.6 Å². The third kappa shape index (κ3) is 2.34. The summed E-state index contributed by atoms with van der Waals surface area (Å²) in [6.45, 7) is 2.02. The quantitative estimate of drug-likeness (QED) is 0.672. The molecule has 63 valence electrons. The maximum Gasteiger partial charge on any atom is 0.361 e. The SMILES string of the molecule is CCc1ccc(CC([O])=O)nc1. The molecule has 1 aromatic rings. The number of hydrogen-bond donors (Lipinski definition) is 0. The van der Waals surface area contributed by atoms with Gasteiger partial charge in [-0.05, 0) is 18.1 Å². The molecule has 1 aromatic heterocycles. The summed E-state index contributed by atoms with van der Waals surface area (Å²) in [6.07, 6.45) is 2.50. The van der Waals surface area contributed by atoms with Crippen molar-refractivity contribution < 1.29 is 9.90 Å². The van der Waals surface area contributed by atoms with E-state index in [-0.39, 0.29) is 6.42 Å². The topological polar surface area (TPSA) is 49.9 Å². The van der Waals surface area contributed by atoms with Gasteiger partial charge in [0.2, 0.25) is 0 Å². The van der Waals surface area contributed by atoms with E-state index in [4.69, 9.17) is 0 Å². The van der Waals surface area contributed by atoms with E-state index in [0.717, 1.165) is 12.0 Å². The van der Waals surface area contributed by atoms with E-state index in [1.807, 2.05) is 13.0 Å². The molecule has 0 saturated carbocycles. The molecule has 0 unspecified atom stereocenters. The molecule has 0 N–H and O–H groups in total. The Hall–Kier alpha value is -1.38. The summed E-state index contributed by atoms with van der Waals surface area (Å²) in [4.78, 5) is 14.1. The van der Waals surface area contributed by atoms with Crippen LogP contribution in [0.5, 0.6) is 0 Å². The van der Waals surface area contributed by atoms with Gasteiger partial charge in [-0.1, -0.05) is 13.0 Å². The molecule has 12 heavy (non-hydrogen) atoms. The van der Waals surface area contributed by atoms with E-state index in [1.54, 1.807) is 12.3 Å². The number of aryl methyl sites for hydroxylation is 1.